The summed E-state index contributed by atoms with van der Waals surface area (Å²) in [6.07, 6.45) is -0.427. The molecule has 1 aromatic heterocycles. The zero-order valence-electron chi connectivity index (χ0n) is 14.1. The molecule has 0 aliphatic rings. The van der Waals surface area contributed by atoms with Gasteiger partial charge in [0.25, 0.3) is 0 Å². The monoisotopic (exact) mass is 343 g/mol. The number of nitrogens with zero attached hydrogens (tertiary/aromatic N) is 1. The molecule has 0 aliphatic carbocycles. The highest BCUT2D eigenvalue weighted by atomic mass is 32.1. The van der Waals surface area contributed by atoms with Gasteiger partial charge in [0, 0.05) is 29.0 Å². The van der Waals surface area contributed by atoms with Crippen LogP contribution >= 0.6 is 11.3 Å². The van der Waals surface area contributed by atoms with Crippen LogP contribution in [0.2, 0.25) is 0 Å². The van der Waals surface area contributed by atoms with E-state index in [1.165, 1.54) is 0 Å². The molecule has 2 rings (SSSR count). The SMILES string of the molecule is CC(C)(C)OC(=O)NCc1cccc(NCc2cc(C#N)cs2)c1. The zero-order chi connectivity index (χ0) is 17.6. The molecule has 0 saturated heterocycles. The Morgan fingerprint density at radius 1 is 1.29 bits per heavy atom. The van der Waals surface area contributed by atoms with Crippen LogP contribution in [0.25, 0.3) is 0 Å². The third kappa shape index (κ3) is 5.94. The van der Waals surface area contributed by atoms with Crippen molar-refractivity contribution in [3.8, 4) is 6.07 Å². The van der Waals surface area contributed by atoms with Gasteiger partial charge in [-0.15, -0.1) is 11.3 Å². The fraction of sp³-hybridized carbons (Fsp3) is 0.333. The van der Waals surface area contributed by atoms with Gasteiger partial charge in [0.2, 0.25) is 0 Å². The van der Waals surface area contributed by atoms with Crippen molar-refractivity contribution in [2.24, 2.45) is 0 Å². The number of nitrogens with one attached hydrogen (secondary N) is 2. The van der Waals surface area contributed by atoms with Crippen LogP contribution in [-0.2, 0) is 17.8 Å². The van der Waals surface area contributed by atoms with E-state index in [2.05, 4.69) is 16.7 Å². The molecule has 24 heavy (non-hydrogen) atoms. The molecule has 0 fully saturated rings. The van der Waals surface area contributed by atoms with Crippen molar-refractivity contribution in [2.75, 3.05) is 5.32 Å². The van der Waals surface area contributed by atoms with Crippen LogP contribution in [0.5, 0.6) is 0 Å². The number of nitriles is 1. The summed E-state index contributed by atoms with van der Waals surface area (Å²) in [6.45, 7) is 6.57. The van der Waals surface area contributed by atoms with E-state index >= 15 is 0 Å². The summed E-state index contributed by atoms with van der Waals surface area (Å²) in [6, 6.07) is 11.8. The number of benzene rings is 1. The van der Waals surface area contributed by atoms with Crippen LogP contribution in [0.4, 0.5) is 10.5 Å². The normalized spacial score (nSPS) is 10.8. The summed E-state index contributed by atoms with van der Waals surface area (Å²) in [5.74, 6) is 0. The molecule has 5 nitrogen and oxygen atoms in total. The predicted octanol–water partition coefficient (Wildman–Crippen LogP) is 4.26. The number of amides is 1. The minimum atomic E-state index is -0.503. The first-order valence-electron chi connectivity index (χ1n) is 7.63. The molecule has 0 bridgehead atoms. The van der Waals surface area contributed by atoms with Gasteiger partial charge in [-0.05, 0) is 44.5 Å². The molecule has 0 saturated carbocycles. The van der Waals surface area contributed by atoms with Crippen molar-refractivity contribution in [3.05, 3.63) is 51.7 Å². The van der Waals surface area contributed by atoms with Gasteiger partial charge < -0.3 is 15.4 Å². The first-order valence-corrected chi connectivity index (χ1v) is 8.51. The molecule has 2 N–H and O–H groups in total. The molecule has 1 aromatic carbocycles. The molecular weight excluding hydrogens is 322 g/mol. The highest BCUT2D eigenvalue weighted by Crippen LogP contribution is 2.17. The molecule has 0 atom stereocenters. The Labute approximate surface area is 146 Å². The second kappa shape index (κ2) is 7.84. The van der Waals surface area contributed by atoms with Gasteiger partial charge in [0.1, 0.15) is 11.7 Å². The maximum Gasteiger partial charge on any atom is 0.407 e. The fourth-order valence-corrected chi connectivity index (χ4v) is 2.75. The third-order valence-electron chi connectivity index (χ3n) is 3.01. The minimum Gasteiger partial charge on any atom is -0.444 e. The molecule has 0 spiro atoms. The summed E-state index contributed by atoms with van der Waals surface area (Å²) in [7, 11) is 0. The van der Waals surface area contributed by atoms with Gasteiger partial charge in [0.05, 0.1) is 5.56 Å². The van der Waals surface area contributed by atoms with Crippen molar-refractivity contribution >= 4 is 23.1 Å². The number of carbonyl (C=O) groups excluding carboxylic acids is 1. The Kier molecular flexibility index (Phi) is 5.83. The number of hydrogen-bond donors (Lipinski definition) is 2. The van der Waals surface area contributed by atoms with Crippen LogP contribution in [0.3, 0.4) is 0 Å². The predicted molar refractivity (Wildman–Crippen MR) is 95.9 cm³/mol. The minimum absolute atomic E-state index is 0.405. The van der Waals surface area contributed by atoms with Crippen LogP contribution < -0.4 is 10.6 Å². The van der Waals surface area contributed by atoms with Crippen LogP contribution in [-0.4, -0.2) is 11.7 Å². The van der Waals surface area contributed by atoms with Gasteiger partial charge >= 0.3 is 6.09 Å². The van der Waals surface area contributed by atoms with Crippen molar-refractivity contribution in [3.63, 3.8) is 0 Å². The van der Waals surface area contributed by atoms with E-state index < -0.39 is 11.7 Å². The molecule has 0 aliphatic heterocycles. The Bertz CT molecular complexity index is 741. The summed E-state index contributed by atoms with van der Waals surface area (Å²) in [5, 5.41) is 16.8. The van der Waals surface area contributed by atoms with Crippen LogP contribution in [0.1, 0.15) is 36.8 Å². The number of rotatable bonds is 5. The standard InChI is InChI=1S/C18H21N3O2S/c1-18(2,3)23-17(22)21-10-13-5-4-6-15(7-13)20-11-16-8-14(9-19)12-24-16/h4-8,12,20H,10-11H2,1-3H3,(H,21,22). The number of hydrogen-bond acceptors (Lipinski definition) is 5. The second-order valence-electron chi connectivity index (χ2n) is 6.32. The van der Waals surface area contributed by atoms with Gasteiger partial charge in [-0.2, -0.15) is 5.26 Å². The first kappa shape index (κ1) is 17.8. The van der Waals surface area contributed by atoms with Crippen molar-refractivity contribution in [2.45, 2.75) is 39.5 Å². The van der Waals surface area contributed by atoms with E-state index in [0.717, 1.165) is 16.1 Å². The van der Waals surface area contributed by atoms with Crippen LogP contribution in [0.15, 0.2) is 35.7 Å². The van der Waals surface area contributed by atoms with E-state index in [4.69, 9.17) is 10.00 Å². The summed E-state index contributed by atoms with van der Waals surface area (Å²) in [5.41, 5.74) is 2.13. The highest BCUT2D eigenvalue weighted by molar-refractivity contribution is 7.10. The van der Waals surface area contributed by atoms with E-state index in [-0.39, 0.29) is 0 Å². The number of thiophene rings is 1. The molecule has 6 heteroatoms. The van der Waals surface area contributed by atoms with Crippen molar-refractivity contribution in [1.29, 1.82) is 5.26 Å². The number of alkyl carbamates (subject to hydrolysis) is 1. The van der Waals surface area contributed by atoms with E-state index in [1.54, 1.807) is 11.3 Å². The zero-order valence-corrected chi connectivity index (χ0v) is 14.9. The Morgan fingerprint density at radius 3 is 2.75 bits per heavy atom. The average Bonchev–Trinajstić information content (AvgIpc) is 2.98. The van der Waals surface area contributed by atoms with Crippen molar-refractivity contribution in [1.82, 2.24) is 5.32 Å². The fourth-order valence-electron chi connectivity index (χ4n) is 2.00. The molecule has 0 radical (unpaired) electrons. The summed E-state index contributed by atoms with van der Waals surface area (Å²) in [4.78, 5) is 12.8. The lowest BCUT2D eigenvalue weighted by Crippen LogP contribution is -2.32. The van der Waals surface area contributed by atoms with E-state index in [0.29, 0.717) is 18.7 Å². The molecule has 126 valence electrons. The van der Waals surface area contributed by atoms with Crippen LogP contribution in [0, 0.1) is 11.3 Å². The summed E-state index contributed by atoms with van der Waals surface area (Å²) >= 11 is 1.56. The second-order valence-corrected chi connectivity index (χ2v) is 7.32. The largest absolute Gasteiger partial charge is 0.444 e. The highest BCUT2D eigenvalue weighted by Gasteiger charge is 2.15. The maximum absolute atomic E-state index is 11.7. The topological polar surface area (TPSA) is 74.2 Å². The number of carbonyl (C=O) groups is 1. The molecule has 1 amide bonds. The maximum atomic E-state index is 11.7. The van der Waals surface area contributed by atoms with E-state index in [9.17, 15) is 4.79 Å². The Morgan fingerprint density at radius 2 is 2.08 bits per heavy atom. The number of anilines is 1. The lowest BCUT2D eigenvalue weighted by atomic mass is 10.2. The molecule has 2 aromatic rings. The lowest BCUT2D eigenvalue weighted by Gasteiger charge is -2.19. The number of ether oxygens (including phenoxy) is 1. The van der Waals surface area contributed by atoms with Gasteiger partial charge in [0.15, 0.2) is 0 Å². The van der Waals surface area contributed by atoms with Gasteiger partial charge in [-0.1, -0.05) is 12.1 Å². The summed E-state index contributed by atoms with van der Waals surface area (Å²) < 4.78 is 5.22. The Hall–Kier alpha value is -2.52. The molecule has 1 heterocycles. The van der Waals surface area contributed by atoms with Crippen molar-refractivity contribution < 1.29 is 9.53 Å². The average molecular weight is 343 g/mol. The first-order chi connectivity index (χ1) is 11.4. The Balaban J connectivity index is 1.87. The quantitative estimate of drug-likeness (QED) is 0.851. The van der Waals surface area contributed by atoms with E-state index in [1.807, 2.05) is 56.5 Å². The molecule has 0 unspecified atom stereocenters. The lowest BCUT2D eigenvalue weighted by molar-refractivity contribution is 0.0523. The van der Waals surface area contributed by atoms with Gasteiger partial charge in [-0.25, -0.2) is 4.79 Å². The molecular formula is C18H21N3O2S. The van der Waals surface area contributed by atoms with Gasteiger partial charge in [-0.3, -0.25) is 0 Å². The smallest absolute Gasteiger partial charge is 0.407 e. The third-order valence-corrected chi connectivity index (χ3v) is 3.95.